The third kappa shape index (κ3) is 8.66. The van der Waals surface area contributed by atoms with Crippen molar-refractivity contribution >= 4 is 23.4 Å². The van der Waals surface area contributed by atoms with Gasteiger partial charge in [-0.2, -0.15) is 0 Å². The fourth-order valence-corrected chi connectivity index (χ4v) is 6.09. The maximum absolute atomic E-state index is 13.7. The number of hydrogen-bond acceptors (Lipinski definition) is 6. The molecule has 46 heavy (non-hydrogen) atoms. The Morgan fingerprint density at radius 3 is 2.24 bits per heavy atom. The third-order valence-corrected chi connectivity index (χ3v) is 8.69. The number of halogens is 1. The van der Waals surface area contributed by atoms with Crippen molar-refractivity contribution in [2.75, 3.05) is 0 Å². The molecule has 0 radical (unpaired) electrons. The van der Waals surface area contributed by atoms with Gasteiger partial charge in [0.05, 0.1) is 11.0 Å². The van der Waals surface area contributed by atoms with Crippen LogP contribution in [0.15, 0.2) is 108 Å². The van der Waals surface area contributed by atoms with Crippen LogP contribution in [0.25, 0.3) is 5.69 Å². The lowest BCUT2D eigenvalue weighted by Gasteiger charge is -2.20. The third-order valence-electron chi connectivity index (χ3n) is 7.69. The minimum absolute atomic E-state index is 0.0400. The van der Waals surface area contributed by atoms with Gasteiger partial charge in [-0.3, -0.25) is 19.5 Å². The highest BCUT2D eigenvalue weighted by Crippen LogP contribution is 2.30. The number of unbranched alkanes of at least 4 members (excludes halogenated alkanes) is 3. The van der Waals surface area contributed by atoms with Gasteiger partial charge in [0.15, 0.2) is 11.0 Å². The van der Waals surface area contributed by atoms with Gasteiger partial charge >= 0.3 is 0 Å². The molecule has 5 aromatic rings. The van der Waals surface area contributed by atoms with Crippen molar-refractivity contribution in [1.82, 2.24) is 20.1 Å². The van der Waals surface area contributed by atoms with Crippen molar-refractivity contribution in [2.45, 2.75) is 62.4 Å². The quantitative estimate of drug-likeness (QED) is 0.0535. The molecule has 1 unspecified atom stereocenters. The van der Waals surface area contributed by atoms with Crippen LogP contribution in [0.3, 0.4) is 0 Å². The molecule has 1 aromatic heterocycles. The molecule has 0 saturated carbocycles. The number of aromatic nitrogens is 3. The highest BCUT2D eigenvalue weighted by Gasteiger charge is 2.26. The lowest BCUT2D eigenvalue weighted by molar-refractivity contribution is -0.384. The van der Waals surface area contributed by atoms with Gasteiger partial charge in [-0.1, -0.05) is 92.5 Å². The zero-order chi connectivity index (χ0) is 32.3. The number of nitrogens with zero attached hydrogens (tertiary/aromatic N) is 4. The molecule has 8 nitrogen and oxygen atoms in total. The van der Waals surface area contributed by atoms with Gasteiger partial charge in [-0.25, -0.2) is 4.39 Å². The smallest absolute Gasteiger partial charge is 0.269 e. The van der Waals surface area contributed by atoms with Crippen molar-refractivity contribution < 1.29 is 14.1 Å². The van der Waals surface area contributed by atoms with Gasteiger partial charge in [-0.05, 0) is 72.4 Å². The van der Waals surface area contributed by atoms with Gasteiger partial charge in [0, 0.05) is 29.1 Å². The van der Waals surface area contributed by atoms with Gasteiger partial charge in [0.2, 0.25) is 0 Å². The van der Waals surface area contributed by atoms with E-state index < -0.39 is 11.0 Å². The number of rotatable bonds is 15. The van der Waals surface area contributed by atoms with E-state index in [9.17, 15) is 19.3 Å². The maximum Gasteiger partial charge on any atom is 0.269 e. The molecule has 1 heterocycles. The number of thioether (sulfide) groups is 1. The molecule has 1 N–H and O–H groups in total. The van der Waals surface area contributed by atoms with Crippen LogP contribution in [0.2, 0.25) is 0 Å². The van der Waals surface area contributed by atoms with Gasteiger partial charge in [0.1, 0.15) is 5.82 Å². The molecule has 4 aromatic carbocycles. The summed E-state index contributed by atoms with van der Waals surface area (Å²) < 4.78 is 15.3. The number of nitro benzene ring substituents is 1. The zero-order valence-corrected chi connectivity index (χ0v) is 26.5. The average molecular weight is 638 g/mol. The summed E-state index contributed by atoms with van der Waals surface area (Å²) >= 11 is 1.40. The van der Waals surface area contributed by atoms with E-state index in [2.05, 4.69) is 22.4 Å². The SMILES string of the molecule is CCCCCCc1ccc(C(=O)NC(Cc2ccccc2)c2nnc(SCc3ccc(F)cc3)n2-c2ccc([N+](=O)[O-])cc2)cc1. The first-order chi connectivity index (χ1) is 22.4. The van der Waals surface area contributed by atoms with Crippen molar-refractivity contribution in [3.05, 3.63) is 147 Å². The fourth-order valence-electron chi connectivity index (χ4n) is 5.17. The topological polar surface area (TPSA) is 103 Å². The second-order valence-corrected chi connectivity index (χ2v) is 12.0. The number of non-ortho nitro benzene ring substituents is 1. The Morgan fingerprint density at radius 1 is 0.870 bits per heavy atom. The first-order valence-electron chi connectivity index (χ1n) is 15.4. The first-order valence-corrected chi connectivity index (χ1v) is 16.4. The Hall–Kier alpha value is -4.83. The van der Waals surface area contributed by atoms with E-state index in [0.717, 1.165) is 24.0 Å². The number of nitrogens with one attached hydrogen (secondary N) is 1. The first kappa shape index (κ1) is 32.6. The Bertz CT molecular complexity index is 1730. The number of benzene rings is 4. The van der Waals surface area contributed by atoms with Crippen LogP contribution >= 0.6 is 11.8 Å². The molecule has 0 aliphatic rings. The molecule has 10 heteroatoms. The summed E-state index contributed by atoms with van der Waals surface area (Å²) in [6.45, 7) is 2.19. The number of aryl methyl sites for hydroxylation is 1. The van der Waals surface area contributed by atoms with E-state index in [-0.39, 0.29) is 17.4 Å². The summed E-state index contributed by atoms with van der Waals surface area (Å²) in [4.78, 5) is 24.6. The lowest BCUT2D eigenvalue weighted by atomic mass is 10.0. The summed E-state index contributed by atoms with van der Waals surface area (Å²) in [6.07, 6.45) is 6.15. The number of carbonyl (C=O) groups excluding carboxylic acids is 1. The Labute approximate surface area is 272 Å². The zero-order valence-electron chi connectivity index (χ0n) is 25.6. The van der Waals surface area contributed by atoms with Crippen LogP contribution in [0.5, 0.6) is 0 Å². The molecule has 5 rings (SSSR count). The van der Waals surface area contributed by atoms with Crippen LogP contribution < -0.4 is 5.32 Å². The highest BCUT2D eigenvalue weighted by molar-refractivity contribution is 7.98. The Balaban J connectivity index is 1.46. The van der Waals surface area contributed by atoms with Crippen LogP contribution in [0.1, 0.15) is 71.5 Å². The molecule has 0 aliphatic carbocycles. The molecule has 1 amide bonds. The predicted molar refractivity (Wildman–Crippen MR) is 179 cm³/mol. The fraction of sp³-hybridized carbons (Fsp3) is 0.250. The van der Waals surface area contributed by atoms with E-state index in [1.165, 1.54) is 60.9 Å². The van der Waals surface area contributed by atoms with Crippen molar-refractivity contribution in [3.8, 4) is 5.69 Å². The van der Waals surface area contributed by atoms with Crippen LogP contribution in [0.4, 0.5) is 10.1 Å². The minimum atomic E-state index is -0.577. The normalized spacial score (nSPS) is 11.7. The second-order valence-electron chi connectivity index (χ2n) is 11.1. The Kier molecular flexibility index (Phi) is 11.3. The summed E-state index contributed by atoms with van der Waals surface area (Å²) in [6, 6.07) is 29.4. The molecule has 1 atom stereocenters. The van der Waals surface area contributed by atoms with E-state index in [1.54, 1.807) is 24.3 Å². The molecule has 0 aliphatic heterocycles. The van der Waals surface area contributed by atoms with Gasteiger partial charge in [0.25, 0.3) is 11.6 Å². The summed E-state index contributed by atoms with van der Waals surface area (Å²) in [5.41, 5.74) is 4.22. The summed E-state index contributed by atoms with van der Waals surface area (Å²) in [5.74, 6) is 0.426. The summed E-state index contributed by atoms with van der Waals surface area (Å²) in [5, 5.41) is 24.2. The average Bonchev–Trinajstić information content (AvgIpc) is 3.51. The molecular formula is C36H36FN5O3S. The predicted octanol–water partition coefficient (Wildman–Crippen LogP) is 8.44. The summed E-state index contributed by atoms with van der Waals surface area (Å²) in [7, 11) is 0. The van der Waals surface area contributed by atoms with E-state index in [0.29, 0.717) is 34.4 Å². The second kappa shape index (κ2) is 15.9. The molecule has 0 bridgehead atoms. The number of nitro groups is 1. The Morgan fingerprint density at radius 2 is 1.57 bits per heavy atom. The largest absolute Gasteiger partial charge is 0.342 e. The van der Waals surface area contributed by atoms with Crippen molar-refractivity contribution in [3.63, 3.8) is 0 Å². The number of hydrogen-bond donors (Lipinski definition) is 1. The van der Waals surface area contributed by atoms with E-state index in [4.69, 9.17) is 0 Å². The minimum Gasteiger partial charge on any atom is -0.342 e. The monoisotopic (exact) mass is 637 g/mol. The van der Waals surface area contributed by atoms with Crippen molar-refractivity contribution in [2.24, 2.45) is 0 Å². The highest BCUT2D eigenvalue weighted by atomic mass is 32.2. The van der Waals surface area contributed by atoms with E-state index in [1.807, 2.05) is 59.2 Å². The van der Waals surface area contributed by atoms with Gasteiger partial charge < -0.3 is 5.32 Å². The van der Waals surface area contributed by atoms with Crippen LogP contribution in [-0.4, -0.2) is 25.6 Å². The number of carbonyl (C=O) groups is 1. The van der Waals surface area contributed by atoms with E-state index >= 15 is 0 Å². The standard InChI is InChI=1S/C36H36FN5O3S/c1-2-3-4-6-9-26-12-16-29(17-13-26)35(43)38-33(24-27-10-7-5-8-11-27)34-39-40-36(46-25-28-14-18-30(37)19-15-28)41(34)31-20-22-32(23-21-31)42(44)45/h5,7-8,10-23,33H,2-4,6,9,24-25H2,1H3,(H,38,43). The van der Waals surface area contributed by atoms with Crippen molar-refractivity contribution in [1.29, 1.82) is 0 Å². The lowest BCUT2D eigenvalue weighted by Crippen LogP contribution is -2.32. The van der Waals surface area contributed by atoms with Gasteiger partial charge in [-0.15, -0.1) is 10.2 Å². The molecule has 0 spiro atoms. The molecule has 0 saturated heterocycles. The molecule has 236 valence electrons. The number of amides is 1. The molecular weight excluding hydrogens is 601 g/mol. The maximum atomic E-state index is 13.7. The van der Waals surface area contributed by atoms with Crippen LogP contribution in [-0.2, 0) is 18.6 Å². The van der Waals surface area contributed by atoms with Crippen LogP contribution in [0, 0.1) is 15.9 Å². The molecule has 0 fully saturated rings.